The molecule has 3 aromatic heterocycles. The third kappa shape index (κ3) is 4.01. The normalized spacial score (nSPS) is 17.5. The van der Waals surface area contributed by atoms with Gasteiger partial charge in [0, 0.05) is 22.3 Å². The molecule has 1 amide bonds. The van der Waals surface area contributed by atoms with Crippen molar-refractivity contribution in [3.63, 3.8) is 0 Å². The molecule has 4 rings (SSSR count). The van der Waals surface area contributed by atoms with E-state index in [9.17, 15) is 4.79 Å². The van der Waals surface area contributed by atoms with Crippen molar-refractivity contribution in [2.75, 3.05) is 19.6 Å². The fourth-order valence-electron chi connectivity index (χ4n) is 3.55. The molecule has 1 unspecified atom stereocenters. The highest BCUT2D eigenvalue weighted by molar-refractivity contribution is 7.26. The summed E-state index contributed by atoms with van der Waals surface area (Å²) in [4.78, 5) is 24.2. The Morgan fingerprint density at radius 2 is 2.11 bits per heavy atom. The number of amides is 1. The third-order valence-electron chi connectivity index (χ3n) is 4.99. The first-order valence-corrected chi connectivity index (χ1v) is 11.8. The highest BCUT2D eigenvalue weighted by Crippen LogP contribution is 2.38. The van der Waals surface area contributed by atoms with Crippen LogP contribution < -0.4 is 5.32 Å². The van der Waals surface area contributed by atoms with Crippen molar-refractivity contribution in [1.29, 1.82) is 0 Å². The molecule has 1 fully saturated rings. The zero-order valence-corrected chi connectivity index (χ0v) is 18.0. The van der Waals surface area contributed by atoms with Crippen LogP contribution in [-0.4, -0.2) is 41.5 Å². The van der Waals surface area contributed by atoms with Crippen molar-refractivity contribution in [3.8, 4) is 19.6 Å². The van der Waals surface area contributed by atoms with E-state index in [0.29, 0.717) is 6.04 Å². The molecule has 0 bridgehead atoms. The molecule has 4 nitrogen and oxygen atoms in total. The van der Waals surface area contributed by atoms with Crippen LogP contribution in [0.4, 0.5) is 0 Å². The maximum atomic E-state index is 12.7. The van der Waals surface area contributed by atoms with Crippen molar-refractivity contribution in [2.24, 2.45) is 0 Å². The Balaban J connectivity index is 1.46. The number of rotatable bonds is 6. The zero-order chi connectivity index (χ0) is 18.8. The molecule has 1 saturated heterocycles. The van der Waals surface area contributed by atoms with E-state index in [4.69, 9.17) is 0 Å². The predicted molar refractivity (Wildman–Crippen MR) is 116 cm³/mol. The first kappa shape index (κ1) is 18.8. The lowest BCUT2D eigenvalue weighted by atomic mass is 10.2. The zero-order valence-electron chi connectivity index (χ0n) is 15.5. The summed E-state index contributed by atoms with van der Waals surface area (Å²) < 4.78 is 0. The quantitative estimate of drug-likeness (QED) is 0.605. The van der Waals surface area contributed by atoms with E-state index < -0.39 is 0 Å². The second-order valence-electron chi connectivity index (χ2n) is 6.71. The minimum absolute atomic E-state index is 0.00856. The van der Waals surface area contributed by atoms with E-state index in [0.717, 1.165) is 40.1 Å². The van der Waals surface area contributed by atoms with Gasteiger partial charge in [-0.05, 0) is 56.4 Å². The number of hydrogen-bond acceptors (Lipinski definition) is 6. The maximum Gasteiger partial charge on any atom is 0.263 e. The van der Waals surface area contributed by atoms with Gasteiger partial charge >= 0.3 is 0 Å². The summed E-state index contributed by atoms with van der Waals surface area (Å²) >= 11 is 4.98. The summed E-state index contributed by atoms with van der Waals surface area (Å²) in [6.45, 7) is 7.03. The SMILES string of the molecule is CCN1CCCC1CNC(=O)c1sc(-c2ccc(-c3cccs3)s2)nc1C. The Labute approximate surface area is 171 Å². The minimum Gasteiger partial charge on any atom is -0.350 e. The molecule has 7 heteroatoms. The molecule has 27 heavy (non-hydrogen) atoms. The standard InChI is InChI=1S/C20H23N3OS3/c1-3-23-10-4-6-14(23)12-21-19(24)18-13(2)22-20(27-18)17-9-8-16(26-17)15-7-5-11-25-15/h5,7-9,11,14H,3-4,6,10,12H2,1-2H3,(H,21,24). The topological polar surface area (TPSA) is 45.2 Å². The van der Waals surface area contributed by atoms with Crippen LogP contribution in [0.5, 0.6) is 0 Å². The average molecular weight is 418 g/mol. The molecule has 1 aliphatic rings. The number of nitrogens with one attached hydrogen (secondary N) is 1. The number of carbonyl (C=O) groups excluding carboxylic acids is 1. The van der Waals surface area contributed by atoms with E-state index in [1.807, 2.05) is 6.92 Å². The van der Waals surface area contributed by atoms with Crippen LogP contribution in [0.2, 0.25) is 0 Å². The minimum atomic E-state index is 0.00856. The molecule has 0 aromatic carbocycles. The highest BCUT2D eigenvalue weighted by atomic mass is 32.1. The van der Waals surface area contributed by atoms with Crippen LogP contribution in [0.25, 0.3) is 19.6 Å². The van der Waals surface area contributed by atoms with Gasteiger partial charge in [-0.1, -0.05) is 13.0 Å². The van der Waals surface area contributed by atoms with Crippen LogP contribution in [0.1, 0.15) is 35.1 Å². The number of nitrogens with zero attached hydrogens (tertiary/aromatic N) is 2. The summed E-state index contributed by atoms with van der Waals surface area (Å²) in [5.74, 6) is 0.00856. The molecule has 3 aromatic rings. The second-order valence-corrected chi connectivity index (χ2v) is 9.74. The van der Waals surface area contributed by atoms with Gasteiger partial charge in [-0.3, -0.25) is 9.69 Å². The van der Waals surface area contributed by atoms with Crippen molar-refractivity contribution in [2.45, 2.75) is 32.7 Å². The summed E-state index contributed by atoms with van der Waals surface area (Å²) in [6.07, 6.45) is 2.39. The Morgan fingerprint density at radius 3 is 2.89 bits per heavy atom. The smallest absolute Gasteiger partial charge is 0.263 e. The summed E-state index contributed by atoms with van der Waals surface area (Å²) in [5, 5.41) is 6.16. The summed E-state index contributed by atoms with van der Waals surface area (Å²) in [6, 6.07) is 8.92. The third-order valence-corrected chi connectivity index (χ3v) is 8.46. The molecule has 0 aliphatic carbocycles. The fraction of sp³-hybridized carbons (Fsp3) is 0.400. The molecule has 0 radical (unpaired) electrons. The van der Waals surface area contributed by atoms with E-state index >= 15 is 0 Å². The monoisotopic (exact) mass is 417 g/mol. The Bertz CT molecular complexity index is 913. The average Bonchev–Trinajstić information content (AvgIpc) is 3.45. The molecule has 4 heterocycles. The predicted octanol–water partition coefficient (Wildman–Crippen LogP) is 5.12. The number of likely N-dealkylation sites (N-methyl/N-ethyl adjacent to an activating group) is 1. The van der Waals surface area contributed by atoms with Gasteiger partial charge in [-0.25, -0.2) is 4.98 Å². The van der Waals surface area contributed by atoms with E-state index in [1.54, 1.807) is 22.7 Å². The second kappa shape index (κ2) is 8.22. The molecule has 0 saturated carbocycles. The van der Waals surface area contributed by atoms with Crippen LogP contribution in [0.15, 0.2) is 29.6 Å². The molecular formula is C20H23N3OS3. The number of aryl methyl sites for hydroxylation is 1. The maximum absolute atomic E-state index is 12.7. The molecule has 0 spiro atoms. The van der Waals surface area contributed by atoms with Crippen molar-refractivity contribution in [3.05, 3.63) is 40.2 Å². The van der Waals surface area contributed by atoms with Crippen LogP contribution in [-0.2, 0) is 0 Å². The van der Waals surface area contributed by atoms with Gasteiger partial charge in [0.15, 0.2) is 0 Å². The first-order valence-electron chi connectivity index (χ1n) is 9.29. The molecule has 1 N–H and O–H groups in total. The van der Waals surface area contributed by atoms with Crippen LogP contribution in [0, 0.1) is 6.92 Å². The van der Waals surface area contributed by atoms with Gasteiger partial charge < -0.3 is 5.32 Å². The van der Waals surface area contributed by atoms with Gasteiger partial charge in [0.25, 0.3) is 5.91 Å². The Kier molecular flexibility index (Phi) is 5.73. The Hall–Kier alpha value is -1.54. The summed E-state index contributed by atoms with van der Waals surface area (Å²) in [7, 11) is 0. The summed E-state index contributed by atoms with van der Waals surface area (Å²) in [5.41, 5.74) is 0.817. The first-order chi connectivity index (χ1) is 13.2. The lowest BCUT2D eigenvalue weighted by Gasteiger charge is -2.22. The number of hydrogen-bond donors (Lipinski definition) is 1. The van der Waals surface area contributed by atoms with Crippen molar-refractivity contribution >= 4 is 39.9 Å². The molecule has 1 aliphatic heterocycles. The van der Waals surface area contributed by atoms with Gasteiger partial charge in [-0.15, -0.1) is 34.0 Å². The number of aromatic nitrogens is 1. The number of thiophene rings is 2. The highest BCUT2D eigenvalue weighted by Gasteiger charge is 2.24. The Morgan fingerprint density at radius 1 is 1.26 bits per heavy atom. The largest absolute Gasteiger partial charge is 0.350 e. The lowest BCUT2D eigenvalue weighted by molar-refractivity contribution is 0.0944. The van der Waals surface area contributed by atoms with Gasteiger partial charge in [0.1, 0.15) is 9.88 Å². The van der Waals surface area contributed by atoms with E-state index in [2.05, 4.69) is 51.8 Å². The van der Waals surface area contributed by atoms with Gasteiger partial charge in [0.05, 0.1) is 10.6 Å². The fourth-order valence-corrected chi connectivity index (χ4v) is 6.43. The van der Waals surface area contributed by atoms with Gasteiger partial charge in [-0.2, -0.15) is 0 Å². The number of carbonyl (C=O) groups is 1. The van der Waals surface area contributed by atoms with E-state index in [1.165, 1.54) is 33.9 Å². The van der Waals surface area contributed by atoms with Gasteiger partial charge in [0.2, 0.25) is 0 Å². The number of thiazole rings is 1. The molecule has 1 atom stereocenters. The number of likely N-dealkylation sites (tertiary alicyclic amines) is 1. The van der Waals surface area contributed by atoms with E-state index in [-0.39, 0.29) is 5.91 Å². The molecular weight excluding hydrogens is 394 g/mol. The van der Waals surface area contributed by atoms with Crippen LogP contribution >= 0.6 is 34.0 Å². The van der Waals surface area contributed by atoms with Crippen molar-refractivity contribution < 1.29 is 4.79 Å². The van der Waals surface area contributed by atoms with Crippen molar-refractivity contribution in [1.82, 2.24) is 15.2 Å². The molecule has 142 valence electrons. The lowest BCUT2D eigenvalue weighted by Crippen LogP contribution is -2.39. The van der Waals surface area contributed by atoms with Crippen LogP contribution in [0.3, 0.4) is 0 Å².